The number of sulfone groups is 1. The van der Waals surface area contributed by atoms with Crippen LogP contribution >= 0.6 is 11.6 Å². The molecule has 0 aliphatic carbocycles. The van der Waals surface area contributed by atoms with Crippen LogP contribution in [0.3, 0.4) is 0 Å². The average Bonchev–Trinajstić information content (AvgIpc) is 3.39. The SMILES string of the molecule is Cc1cc(-c2cc(Cl)ccc2O)cc2nnc(Nc3ccc(S(=O)(=O)CCCN4CCCC4)cc3)nc12. The van der Waals surface area contributed by atoms with Gasteiger partial charge in [-0.1, -0.05) is 11.6 Å². The summed E-state index contributed by atoms with van der Waals surface area (Å²) >= 11 is 6.11. The van der Waals surface area contributed by atoms with Gasteiger partial charge in [0.2, 0.25) is 5.95 Å². The van der Waals surface area contributed by atoms with Crippen LogP contribution in [0.4, 0.5) is 11.6 Å². The first-order chi connectivity index (χ1) is 17.8. The summed E-state index contributed by atoms with van der Waals surface area (Å²) < 4.78 is 25.5. The molecule has 8 nitrogen and oxygen atoms in total. The van der Waals surface area contributed by atoms with Crippen LogP contribution in [0.5, 0.6) is 5.75 Å². The molecule has 2 heterocycles. The number of anilines is 2. The Morgan fingerprint density at radius 3 is 2.54 bits per heavy atom. The molecule has 0 spiro atoms. The minimum absolute atomic E-state index is 0.124. The molecular weight excluding hydrogens is 510 g/mol. The summed E-state index contributed by atoms with van der Waals surface area (Å²) in [6.45, 7) is 4.87. The van der Waals surface area contributed by atoms with Crippen molar-refractivity contribution in [3.63, 3.8) is 0 Å². The highest BCUT2D eigenvalue weighted by Gasteiger charge is 2.17. The predicted molar refractivity (Wildman–Crippen MR) is 146 cm³/mol. The van der Waals surface area contributed by atoms with E-state index in [0.717, 1.165) is 30.8 Å². The fraction of sp³-hybridized carbons (Fsp3) is 0.296. The van der Waals surface area contributed by atoms with E-state index in [9.17, 15) is 13.5 Å². The lowest BCUT2D eigenvalue weighted by molar-refractivity contribution is 0.340. The highest BCUT2D eigenvalue weighted by Crippen LogP contribution is 2.34. The molecule has 37 heavy (non-hydrogen) atoms. The topological polar surface area (TPSA) is 108 Å². The second-order valence-electron chi connectivity index (χ2n) is 9.33. The van der Waals surface area contributed by atoms with Crippen LogP contribution in [0, 0.1) is 6.92 Å². The van der Waals surface area contributed by atoms with Crippen molar-refractivity contribution < 1.29 is 13.5 Å². The van der Waals surface area contributed by atoms with Gasteiger partial charge in [-0.15, -0.1) is 10.2 Å². The molecule has 0 unspecified atom stereocenters. The maximum Gasteiger partial charge on any atom is 0.247 e. The summed E-state index contributed by atoms with van der Waals surface area (Å²) in [7, 11) is -3.33. The number of phenols is 1. The average molecular weight is 538 g/mol. The van der Waals surface area contributed by atoms with E-state index in [2.05, 4.69) is 25.4 Å². The van der Waals surface area contributed by atoms with E-state index in [4.69, 9.17) is 11.6 Å². The monoisotopic (exact) mass is 537 g/mol. The number of fused-ring (bicyclic) bond motifs is 1. The highest BCUT2D eigenvalue weighted by molar-refractivity contribution is 7.91. The van der Waals surface area contributed by atoms with Crippen LogP contribution in [0.1, 0.15) is 24.8 Å². The molecule has 0 bridgehead atoms. The number of phenolic OH excluding ortho intramolecular Hbond substituents is 1. The Labute approximate surface area is 221 Å². The van der Waals surface area contributed by atoms with Crippen LogP contribution < -0.4 is 5.32 Å². The quantitative estimate of drug-likeness (QED) is 0.309. The Morgan fingerprint density at radius 1 is 1.03 bits per heavy atom. The zero-order chi connectivity index (χ0) is 26.0. The number of aryl methyl sites for hydroxylation is 1. The number of aromatic hydroxyl groups is 1. The Bertz CT molecular complexity index is 1540. The van der Waals surface area contributed by atoms with Crippen LogP contribution in [-0.4, -0.2) is 59.0 Å². The van der Waals surface area contributed by atoms with Crippen LogP contribution in [0.15, 0.2) is 59.5 Å². The molecule has 10 heteroatoms. The van der Waals surface area contributed by atoms with E-state index >= 15 is 0 Å². The van der Waals surface area contributed by atoms with E-state index in [1.165, 1.54) is 12.8 Å². The number of nitrogens with zero attached hydrogens (tertiary/aromatic N) is 4. The second-order valence-corrected chi connectivity index (χ2v) is 11.9. The third-order valence-electron chi connectivity index (χ3n) is 6.58. The summed E-state index contributed by atoms with van der Waals surface area (Å²) in [5.41, 5.74) is 4.14. The molecule has 3 aromatic carbocycles. The summed E-state index contributed by atoms with van der Waals surface area (Å²) in [5, 5.41) is 22.4. The van der Waals surface area contributed by atoms with Gasteiger partial charge in [-0.05, 0) is 112 Å². The molecule has 2 N–H and O–H groups in total. The van der Waals surface area contributed by atoms with Crippen molar-refractivity contribution in [1.82, 2.24) is 20.1 Å². The minimum atomic E-state index is -3.33. The van der Waals surface area contributed by atoms with E-state index in [1.54, 1.807) is 48.5 Å². The highest BCUT2D eigenvalue weighted by atomic mass is 35.5. The molecular formula is C27H28ClN5O3S. The molecule has 0 amide bonds. The standard InChI is InChI=1S/C27H28ClN5O3S/c1-18-15-19(23-17-20(28)5-10-25(23)34)16-24-26(18)30-27(32-31-24)29-21-6-8-22(9-7-21)37(35,36)14-4-13-33-11-2-3-12-33/h5-10,15-17,34H,2-4,11-14H2,1H3,(H,29,30,32). The summed E-state index contributed by atoms with van der Waals surface area (Å²) in [6.07, 6.45) is 3.04. The molecule has 1 aromatic heterocycles. The van der Waals surface area contributed by atoms with Gasteiger partial charge in [-0.2, -0.15) is 0 Å². The van der Waals surface area contributed by atoms with Gasteiger partial charge >= 0.3 is 0 Å². The lowest BCUT2D eigenvalue weighted by Gasteiger charge is -2.14. The van der Waals surface area contributed by atoms with E-state index in [1.807, 2.05) is 13.0 Å². The number of benzene rings is 3. The zero-order valence-corrected chi connectivity index (χ0v) is 22.1. The Hall–Kier alpha value is -3.27. The molecule has 1 aliphatic rings. The van der Waals surface area contributed by atoms with E-state index in [0.29, 0.717) is 44.6 Å². The van der Waals surface area contributed by atoms with Crippen molar-refractivity contribution in [3.05, 3.63) is 65.2 Å². The van der Waals surface area contributed by atoms with E-state index in [-0.39, 0.29) is 11.5 Å². The van der Waals surface area contributed by atoms with Gasteiger partial charge in [0.25, 0.3) is 0 Å². The van der Waals surface area contributed by atoms with Gasteiger partial charge in [-0.3, -0.25) is 0 Å². The van der Waals surface area contributed by atoms with Crippen molar-refractivity contribution in [2.45, 2.75) is 31.1 Å². The Morgan fingerprint density at radius 2 is 1.78 bits per heavy atom. The predicted octanol–water partition coefficient (Wildman–Crippen LogP) is 5.36. The van der Waals surface area contributed by atoms with Crippen molar-refractivity contribution in [2.75, 3.05) is 30.7 Å². The molecule has 5 rings (SSSR count). The third-order valence-corrected chi connectivity index (χ3v) is 8.63. The fourth-order valence-corrected chi connectivity index (χ4v) is 6.10. The summed E-state index contributed by atoms with van der Waals surface area (Å²) in [4.78, 5) is 7.23. The maximum atomic E-state index is 12.7. The first-order valence-electron chi connectivity index (χ1n) is 12.2. The Kier molecular flexibility index (Phi) is 7.28. The molecule has 4 aromatic rings. The van der Waals surface area contributed by atoms with Gasteiger partial charge in [0.1, 0.15) is 11.3 Å². The molecule has 1 saturated heterocycles. The first kappa shape index (κ1) is 25.4. The van der Waals surface area contributed by atoms with Gasteiger partial charge in [0, 0.05) is 16.3 Å². The van der Waals surface area contributed by atoms with Crippen molar-refractivity contribution in [3.8, 4) is 16.9 Å². The zero-order valence-electron chi connectivity index (χ0n) is 20.5. The Balaban J connectivity index is 1.29. The van der Waals surface area contributed by atoms with Crippen LogP contribution in [0.2, 0.25) is 5.02 Å². The number of likely N-dealkylation sites (tertiary alicyclic amines) is 1. The molecule has 0 atom stereocenters. The smallest absolute Gasteiger partial charge is 0.247 e. The normalized spacial score (nSPS) is 14.3. The van der Waals surface area contributed by atoms with Crippen molar-refractivity contribution >= 4 is 44.1 Å². The molecule has 0 saturated carbocycles. The number of hydrogen-bond donors (Lipinski definition) is 2. The van der Waals surface area contributed by atoms with Gasteiger partial charge < -0.3 is 15.3 Å². The summed E-state index contributed by atoms with van der Waals surface area (Å²) in [6, 6.07) is 15.2. The second kappa shape index (κ2) is 10.6. The van der Waals surface area contributed by atoms with Crippen LogP contribution in [-0.2, 0) is 9.84 Å². The van der Waals surface area contributed by atoms with Crippen molar-refractivity contribution in [1.29, 1.82) is 0 Å². The third kappa shape index (κ3) is 5.84. The molecule has 1 aliphatic heterocycles. The maximum absolute atomic E-state index is 12.7. The van der Waals surface area contributed by atoms with Crippen molar-refractivity contribution in [2.24, 2.45) is 0 Å². The lowest BCUT2D eigenvalue weighted by atomic mass is 10.0. The fourth-order valence-electron chi connectivity index (χ4n) is 4.64. The lowest BCUT2D eigenvalue weighted by Crippen LogP contribution is -2.22. The molecule has 192 valence electrons. The van der Waals surface area contributed by atoms with E-state index < -0.39 is 9.84 Å². The van der Waals surface area contributed by atoms with Crippen LogP contribution in [0.25, 0.3) is 22.2 Å². The largest absolute Gasteiger partial charge is 0.507 e. The number of rotatable bonds is 8. The molecule has 0 radical (unpaired) electrons. The minimum Gasteiger partial charge on any atom is -0.507 e. The first-order valence-corrected chi connectivity index (χ1v) is 14.3. The number of nitrogens with one attached hydrogen (secondary N) is 1. The number of hydrogen-bond acceptors (Lipinski definition) is 8. The van der Waals surface area contributed by atoms with Gasteiger partial charge in [-0.25, -0.2) is 13.4 Å². The number of aromatic nitrogens is 3. The van der Waals surface area contributed by atoms with Gasteiger partial charge in [0.05, 0.1) is 16.2 Å². The summed E-state index contributed by atoms with van der Waals surface area (Å²) in [5.74, 6) is 0.567. The van der Waals surface area contributed by atoms with Gasteiger partial charge in [0.15, 0.2) is 9.84 Å². The number of halogens is 1. The molecule has 1 fully saturated rings.